The summed E-state index contributed by atoms with van der Waals surface area (Å²) < 4.78 is 0. The summed E-state index contributed by atoms with van der Waals surface area (Å²) in [6.45, 7) is 14.3. The maximum absolute atomic E-state index is 2.47. The van der Waals surface area contributed by atoms with E-state index in [1.165, 1.54) is 51.4 Å². The van der Waals surface area contributed by atoms with Gasteiger partial charge in [-0.05, 0) is 23.7 Å². The summed E-state index contributed by atoms with van der Waals surface area (Å²) in [6, 6.07) is 0. The summed E-state index contributed by atoms with van der Waals surface area (Å²) in [6.07, 6.45) is 11.2. The maximum atomic E-state index is 2.47. The van der Waals surface area contributed by atoms with Gasteiger partial charge in [-0.25, -0.2) is 0 Å². The maximum Gasteiger partial charge on any atom is -0.0417 e. The minimum atomic E-state index is 0.917. The minimum Gasteiger partial charge on any atom is -0.0651 e. The van der Waals surface area contributed by atoms with Crippen LogP contribution in [0.15, 0.2) is 0 Å². The largest absolute Gasteiger partial charge is 0.0651 e. The fourth-order valence-corrected chi connectivity index (χ4v) is 2.96. The average molecular weight is 255 g/mol. The zero-order chi connectivity index (χ0) is 14.0. The number of rotatable bonds is 11. The van der Waals surface area contributed by atoms with Gasteiger partial charge in [-0.3, -0.25) is 0 Å². The Bertz CT molecular complexity index is 145. The van der Waals surface area contributed by atoms with Crippen molar-refractivity contribution >= 4 is 0 Å². The van der Waals surface area contributed by atoms with E-state index in [2.05, 4.69) is 41.5 Å². The zero-order valence-corrected chi connectivity index (χ0v) is 14.0. The SMILES string of the molecule is CCC(CC)CCC(C)C(C)CCC(CC)CC. The molecular weight excluding hydrogens is 216 g/mol. The molecule has 0 rings (SSSR count). The van der Waals surface area contributed by atoms with E-state index in [0.717, 1.165) is 23.7 Å². The molecule has 0 aliphatic rings. The molecule has 0 nitrogen and oxygen atoms in total. The third-order valence-electron chi connectivity index (χ3n) is 5.34. The topological polar surface area (TPSA) is 0 Å². The van der Waals surface area contributed by atoms with Crippen molar-refractivity contribution in [3.8, 4) is 0 Å². The van der Waals surface area contributed by atoms with E-state index in [-0.39, 0.29) is 0 Å². The van der Waals surface area contributed by atoms with Crippen LogP contribution in [0.5, 0.6) is 0 Å². The first-order valence-corrected chi connectivity index (χ1v) is 8.58. The lowest BCUT2D eigenvalue weighted by Gasteiger charge is -2.23. The molecule has 0 aromatic heterocycles. The van der Waals surface area contributed by atoms with Gasteiger partial charge in [-0.15, -0.1) is 0 Å². The molecule has 0 aliphatic carbocycles. The standard InChI is InChI=1S/C18H38/c1-7-17(8-2)13-11-15(5)16(6)12-14-18(9-3)10-4/h15-18H,7-14H2,1-6H3. The highest BCUT2D eigenvalue weighted by atomic mass is 14.2. The fraction of sp³-hybridized carbons (Fsp3) is 1.00. The van der Waals surface area contributed by atoms with E-state index in [1.54, 1.807) is 0 Å². The predicted octanol–water partition coefficient (Wildman–Crippen LogP) is 6.69. The van der Waals surface area contributed by atoms with Crippen LogP contribution in [0.4, 0.5) is 0 Å². The molecule has 0 aromatic rings. The number of hydrogen-bond donors (Lipinski definition) is 0. The van der Waals surface area contributed by atoms with Crippen LogP contribution in [-0.2, 0) is 0 Å². The van der Waals surface area contributed by atoms with E-state index < -0.39 is 0 Å². The van der Waals surface area contributed by atoms with E-state index in [9.17, 15) is 0 Å². The lowest BCUT2D eigenvalue weighted by Crippen LogP contribution is -2.12. The predicted molar refractivity (Wildman–Crippen MR) is 84.9 cm³/mol. The summed E-state index contributed by atoms with van der Waals surface area (Å²) in [4.78, 5) is 0. The molecule has 0 fully saturated rings. The summed E-state index contributed by atoms with van der Waals surface area (Å²) >= 11 is 0. The molecule has 2 atom stereocenters. The van der Waals surface area contributed by atoms with Gasteiger partial charge in [0.05, 0.1) is 0 Å². The molecule has 0 heterocycles. The highest BCUT2D eigenvalue weighted by Crippen LogP contribution is 2.28. The number of hydrogen-bond acceptors (Lipinski definition) is 0. The first-order chi connectivity index (χ1) is 8.58. The normalized spacial score (nSPS) is 15.3. The molecule has 110 valence electrons. The fourth-order valence-electron chi connectivity index (χ4n) is 2.96. The second-order valence-electron chi connectivity index (χ2n) is 6.47. The van der Waals surface area contributed by atoms with Crippen LogP contribution in [0.25, 0.3) is 0 Å². The van der Waals surface area contributed by atoms with Crippen LogP contribution in [0.3, 0.4) is 0 Å². The Morgan fingerprint density at radius 3 is 1.00 bits per heavy atom. The van der Waals surface area contributed by atoms with Gasteiger partial charge in [0.25, 0.3) is 0 Å². The van der Waals surface area contributed by atoms with E-state index in [1.807, 2.05) is 0 Å². The van der Waals surface area contributed by atoms with Gasteiger partial charge >= 0.3 is 0 Å². The Hall–Kier alpha value is 0. The van der Waals surface area contributed by atoms with Gasteiger partial charge in [-0.1, -0.05) is 92.9 Å². The Morgan fingerprint density at radius 2 is 0.778 bits per heavy atom. The van der Waals surface area contributed by atoms with E-state index in [4.69, 9.17) is 0 Å². The van der Waals surface area contributed by atoms with Crippen molar-refractivity contribution in [1.82, 2.24) is 0 Å². The van der Waals surface area contributed by atoms with E-state index in [0.29, 0.717) is 0 Å². The molecule has 0 amide bonds. The highest BCUT2D eigenvalue weighted by molar-refractivity contribution is 4.67. The Kier molecular flexibility index (Phi) is 10.9. The van der Waals surface area contributed by atoms with Crippen molar-refractivity contribution in [2.75, 3.05) is 0 Å². The van der Waals surface area contributed by atoms with Gasteiger partial charge in [-0.2, -0.15) is 0 Å². The van der Waals surface area contributed by atoms with Crippen LogP contribution in [0, 0.1) is 23.7 Å². The molecule has 0 saturated heterocycles. The first kappa shape index (κ1) is 18.0. The van der Waals surface area contributed by atoms with Crippen molar-refractivity contribution in [2.24, 2.45) is 23.7 Å². The monoisotopic (exact) mass is 254 g/mol. The van der Waals surface area contributed by atoms with Crippen molar-refractivity contribution < 1.29 is 0 Å². The Balaban J connectivity index is 3.84. The Labute approximate surface area is 117 Å². The molecule has 0 saturated carbocycles. The Morgan fingerprint density at radius 1 is 0.500 bits per heavy atom. The quantitative estimate of drug-likeness (QED) is 0.385. The summed E-state index contributed by atoms with van der Waals surface area (Å²) in [5.41, 5.74) is 0. The highest BCUT2D eigenvalue weighted by Gasteiger charge is 2.15. The minimum absolute atomic E-state index is 0.917. The molecule has 0 spiro atoms. The lowest BCUT2D eigenvalue weighted by molar-refractivity contribution is 0.281. The van der Waals surface area contributed by atoms with E-state index >= 15 is 0 Å². The van der Waals surface area contributed by atoms with Crippen molar-refractivity contribution in [1.29, 1.82) is 0 Å². The molecule has 0 aliphatic heterocycles. The summed E-state index contributed by atoms with van der Waals surface area (Å²) in [5, 5.41) is 0. The van der Waals surface area contributed by atoms with Crippen LogP contribution in [0.2, 0.25) is 0 Å². The smallest absolute Gasteiger partial charge is 0.0417 e. The van der Waals surface area contributed by atoms with Crippen molar-refractivity contribution in [3.63, 3.8) is 0 Å². The van der Waals surface area contributed by atoms with Gasteiger partial charge in [0.2, 0.25) is 0 Å². The van der Waals surface area contributed by atoms with Gasteiger partial charge in [0.1, 0.15) is 0 Å². The zero-order valence-electron chi connectivity index (χ0n) is 14.0. The molecule has 0 aromatic carbocycles. The first-order valence-electron chi connectivity index (χ1n) is 8.58. The van der Waals surface area contributed by atoms with Gasteiger partial charge < -0.3 is 0 Å². The molecule has 0 heteroatoms. The third-order valence-corrected chi connectivity index (χ3v) is 5.34. The molecule has 18 heavy (non-hydrogen) atoms. The van der Waals surface area contributed by atoms with Gasteiger partial charge in [0.15, 0.2) is 0 Å². The molecule has 0 radical (unpaired) electrons. The van der Waals surface area contributed by atoms with Crippen molar-refractivity contribution in [3.05, 3.63) is 0 Å². The molecule has 2 unspecified atom stereocenters. The van der Waals surface area contributed by atoms with Crippen LogP contribution >= 0.6 is 0 Å². The second-order valence-corrected chi connectivity index (χ2v) is 6.47. The lowest BCUT2D eigenvalue weighted by atomic mass is 9.82. The summed E-state index contributed by atoms with van der Waals surface area (Å²) in [7, 11) is 0. The third kappa shape index (κ3) is 7.44. The molecule has 0 N–H and O–H groups in total. The van der Waals surface area contributed by atoms with Crippen LogP contribution in [0.1, 0.15) is 92.9 Å². The second kappa shape index (κ2) is 10.9. The summed E-state index contributed by atoms with van der Waals surface area (Å²) in [5.74, 6) is 3.78. The van der Waals surface area contributed by atoms with Crippen LogP contribution in [-0.4, -0.2) is 0 Å². The van der Waals surface area contributed by atoms with Gasteiger partial charge in [0, 0.05) is 0 Å². The van der Waals surface area contributed by atoms with Crippen LogP contribution < -0.4 is 0 Å². The van der Waals surface area contributed by atoms with Crippen molar-refractivity contribution in [2.45, 2.75) is 92.9 Å². The average Bonchev–Trinajstić information content (AvgIpc) is 2.40. The molecule has 0 bridgehead atoms. The molecular formula is C18H38.